The fourth-order valence-electron chi connectivity index (χ4n) is 4.66. The molecule has 1 unspecified atom stereocenters. The van der Waals surface area contributed by atoms with Crippen molar-refractivity contribution in [2.75, 3.05) is 29.3 Å². The van der Waals surface area contributed by atoms with Crippen molar-refractivity contribution in [2.45, 2.75) is 24.2 Å². The van der Waals surface area contributed by atoms with E-state index in [1.54, 1.807) is 19.1 Å². The molecule has 0 radical (unpaired) electrons. The Hall–Kier alpha value is -3.96. The first-order chi connectivity index (χ1) is 18.6. The maximum absolute atomic E-state index is 13.8. The zero-order chi connectivity index (χ0) is 27.7. The van der Waals surface area contributed by atoms with Crippen LogP contribution in [0.5, 0.6) is 0 Å². The molecule has 2 aliphatic heterocycles. The lowest BCUT2D eigenvalue weighted by Gasteiger charge is -2.35. The molecule has 39 heavy (non-hydrogen) atoms. The molecule has 1 N–H and O–H groups in total. The largest absolute Gasteiger partial charge is 0.439 e. The van der Waals surface area contributed by atoms with Crippen LogP contribution in [0.2, 0.25) is 5.02 Å². The molecule has 2 atom stereocenters. The number of rotatable bonds is 7. The maximum Gasteiger partial charge on any atom is 0.417 e. The van der Waals surface area contributed by atoms with Crippen LogP contribution < -0.4 is 9.62 Å². The molecule has 5 rings (SSSR count). The average molecular weight is 569 g/mol. The number of benzene rings is 2. The highest BCUT2D eigenvalue weighted by Gasteiger charge is 2.39. The predicted octanol–water partition coefficient (Wildman–Crippen LogP) is 3.82. The van der Waals surface area contributed by atoms with E-state index < -0.39 is 33.9 Å². The van der Waals surface area contributed by atoms with Gasteiger partial charge >= 0.3 is 6.09 Å². The summed E-state index contributed by atoms with van der Waals surface area (Å²) >= 11 is 6.09. The lowest BCUT2D eigenvalue weighted by Crippen LogP contribution is -2.45. The van der Waals surface area contributed by atoms with E-state index in [1.807, 2.05) is 30.3 Å². The first-order valence-electron chi connectivity index (χ1n) is 12.2. The third-order valence-electron chi connectivity index (χ3n) is 6.75. The van der Waals surface area contributed by atoms with Gasteiger partial charge in [0.15, 0.2) is 6.61 Å². The van der Waals surface area contributed by atoms with E-state index in [1.165, 1.54) is 28.7 Å². The van der Waals surface area contributed by atoms with Crippen LogP contribution in [0.15, 0.2) is 71.8 Å². The average Bonchev–Trinajstić information content (AvgIpc) is 3.24. The third kappa shape index (κ3) is 5.45. The number of ether oxygens (including phenoxy) is 1. The number of fused-ring (bicyclic) bond motifs is 1. The summed E-state index contributed by atoms with van der Waals surface area (Å²) in [5, 5.41) is 3.09. The molecule has 2 aromatic carbocycles. The second kappa shape index (κ2) is 10.7. The van der Waals surface area contributed by atoms with E-state index in [9.17, 15) is 22.8 Å². The number of nitrogens with one attached hydrogen (secondary N) is 1. The standard InChI is InChI=1S/C27H25ClN4O6S/c1-17(19-6-3-2-4-7-19)26(34)30-21-12-24-23(29-13-21)10-18(14-31-25(33)16-38-27(31)35)15-32(24)39(36,37)22-9-5-8-20(28)11-22/h2-9,11-13,17-18H,10,14-16H2,1H3,(H,30,34)/t17-,18?/m0/s1. The van der Waals surface area contributed by atoms with Crippen molar-refractivity contribution in [3.05, 3.63) is 83.1 Å². The van der Waals surface area contributed by atoms with Gasteiger partial charge in [-0.2, -0.15) is 0 Å². The summed E-state index contributed by atoms with van der Waals surface area (Å²) in [7, 11) is -4.12. The van der Waals surface area contributed by atoms with Crippen molar-refractivity contribution in [2.24, 2.45) is 5.92 Å². The molecule has 3 amide bonds. The summed E-state index contributed by atoms with van der Waals surface area (Å²) < 4.78 is 33.6. The Kier molecular flexibility index (Phi) is 7.28. The minimum atomic E-state index is -4.12. The molecule has 0 aliphatic carbocycles. The summed E-state index contributed by atoms with van der Waals surface area (Å²) in [6.07, 6.45) is 1.02. The fraction of sp³-hybridized carbons (Fsp3) is 0.259. The van der Waals surface area contributed by atoms with Crippen molar-refractivity contribution in [3.8, 4) is 0 Å². The number of hydrogen-bond donors (Lipinski definition) is 1. The number of nitrogens with zero attached hydrogens (tertiary/aromatic N) is 3. The van der Waals surface area contributed by atoms with E-state index in [0.29, 0.717) is 23.5 Å². The van der Waals surface area contributed by atoms with Gasteiger partial charge in [0.1, 0.15) is 0 Å². The minimum absolute atomic E-state index is 0.0204. The van der Waals surface area contributed by atoms with Gasteiger partial charge in [0.25, 0.3) is 15.9 Å². The summed E-state index contributed by atoms with van der Waals surface area (Å²) in [5.41, 5.74) is 1.92. The smallest absolute Gasteiger partial charge is 0.417 e. The van der Waals surface area contributed by atoms with Crippen LogP contribution >= 0.6 is 11.6 Å². The van der Waals surface area contributed by atoms with Gasteiger partial charge in [-0.3, -0.25) is 18.9 Å². The van der Waals surface area contributed by atoms with Crippen LogP contribution in [0, 0.1) is 5.92 Å². The summed E-state index contributed by atoms with van der Waals surface area (Å²) in [6, 6.07) is 16.8. The highest BCUT2D eigenvalue weighted by Crippen LogP contribution is 2.36. The molecule has 12 heteroatoms. The molecular formula is C27H25ClN4O6S. The molecule has 2 aliphatic rings. The first kappa shape index (κ1) is 26.6. The monoisotopic (exact) mass is 568 g/mol. The van der Waals surface area contributed by atoms with Crippen LogP contribution in [0.3, 0.4) is 0 Å². The Balaban J connectivity index is 1.48. The van der Waals surface area contributed by atoms with Crippen LogP contribution in [0.25, 0.3) is 0 Å². The SMILES string of the molecule is C[C@H](C(=O)Nc1cnc2c(c1)N(S(=O)(=O)c1cccc(Cl)c1)CC(CN1C(=O)COC1=O)C2)c1ccccc1. The molecule has 1 saturated heterocycles. The van der Waals surface area contributed by atoms with Gasteiger partial charge < -0.3 is 10.1 Å². The number of amides is 3. The lowest BCUT2D eigenvalue weighted by molar-refractivity contribution is -0.126. The van der Waals surface area contributed by atoms with Crippen LogP contribution in [0.4, 0.5) is 16.2 Å². The molecule has 3 heterocycles. The molecule has 0 spiro atoms. The Bertz CT molecular complexity index is 1530. The van der Waals surface area contributed by atoms with Crippen LogP contribution in [-0.2, 0) is 30.8 Å². The van der Waals surface area contributed by atoms with E-state index in [4.69, 9.17) is 16.3 Å². The quantitative estimate of drug-likeness (QED) is 0.459. The number of cyclic esters (lactones) is 1. The van der Waals surface area contributed by atoms with Crippen molar-refractivity contribution in [3.63, 3.8) is 0 Å². The molecule has 1 aromatic heterocycles. The van der Waals surface area contributed by atoms with Gasteiger partial charge in [-0.1, -0.05) is 48.0 Å². The van der Waals surface area contributed by atoms with E-state index in [-0.39, 0.29) is 35.5 Å². The van der Waals surface area contributed by atoms with Gasteiger partial charge in [-0.25, -0.2) is 18.1 Å². The summed E-state index contributed by atoms with van der Waals surface area (Å²) in [5.74, 6) is -1.64. The summed E-state index contributed by atoms with van der Waals surface area (Å²) in [6.45, 7) is 1.39. The predicted molar refractivity (Wildman–Crippen MR) is 144 cm³/mol. The topological polar surface area (TPSA) is 126 Å². The Morgan fingerprint density at radius 3 is 2.62 bits per heavy atom. The third-order valence-corrected chi connectivity index (χ3v) is 8.76. The maximum atomic E-state index is 13.8. The number of carbonyl (C=O) groups excluding carboxylic acids is 3. The molecule has 0 bridgehead atoms. The second-order valence-electron chi connectivity index (χ2n) is 9.43. The summed E-state index contributed by atoms with van der Waals surface area (Å²) in [4.78, 5) is 42.5. The highest BCUT2D eigenvalue weighted by molar-refractivity contribution is 7.92. The number of halogens is 1. The van der Waals surface area contributed by atoms with Crippen LogP contribution in [-0.4, -0.2) is 55.9 Å². The molecule has 0 saturated carbocycles. The van der Waals surface area contributed by atoms with Crippen molar-refractivity contribution in [1.82, 2.24) is 9.88 Å². The van der Waals surface area contributed by atoms with Gasteiger partial charge in [-0.05, 0) is 43.2 Å². The number of sulfonamides is 1. The zero-order valence-electron chi connectivity index (χ0n) is 20.9. The molecule has 202 valence electrons. The molecule has 10 nitrogen and oxygen atoms in total. The normalized spacial score (nSPS) is 17.9. The number of aromatic nitrogens is 1. The van der Waals surface area contributed by atoms with Gasteiger partial charge in [-0.15, -0.1) is 0 Å². The fourth-order valence-corrected chi connectivity index (χ4v) is 6.52. The van der Waals surface area contributed by atoms with E-state index in [2.05, 4.69) is 10.3 Å². The van der Waals surface area contributed by atoms with E-state index in [0.717, 1.165) is 10.5 Å². The first-order valence-corrected chi connectivity index (χ1v) is 14.1. The number of carbonyl (C=O) groups is 3. The van der Waals surface area contributed by atoms with Gasteiger partial charge in [0, 0.05) is 24.0 Å². The number of pyridine rings is 1. The van der Waals surface area contributed by atoms with Gasteiger partial charge in [0.05, 0.1) is 34.1 Å². The highest BCUT2D eigenvalue weighted by atomic mass is 35.5. The molecule has 3 aromatic rings. The van der Waals surface area contributed by atoms with E-state index >= 15 is 0 Å². The van der Waals surface area contributed by atoms with Crippen molar-refractivity contribution >= 4 is 50.9 Å². The Labute approximate surface area is 230 Å². The molecular weight excluding hydrogens is 544 g/mol. The van der Waals surface area contributed by atoms with Crippen LogP contribution in [0.1, 0.15) is 24.1 Å². The number of anilines is 2. The number of hydrogen-bond acceptors (Lipinski definition) is 7. The zero-order valence-corrected chi connectivity index (χ0v) is 22.5. The van der Waals surface area contributed by atoms with Crippen molar-refractivity contribution < 1.29 is 27.5 Å². The lowest BCUT2D eigenvalue weighted by atomic mass is 9.97. The van der Waals surface area contributed by atoms with Gasteiger partial charge in [0.2, 0.25) is 5.91 Å². The molecule has 1 fully saturated rings. The second-order valence-corrected chi connectivity index (χ2v) is 11.7. The Morgan fingerprint density at radius 1 is 1.15 bits per heavy atom. The number of imide groups is 1. The minimum Gasteiger partial charge on any atom is -0.439 e. The van der Waals surface area contributed by atoms with Crippen molar-refractivity contribution in [1.29, 1.82) is 0 Å². The Morgan fingerprint density at radius 2 is 1.92 bits per heavy atom.